The van der Waals surface area contributed by atoms with Crippen molar-refractivity contribution in [2.45, 2.75) is 25.1 Å². The molecule has 1 aromatic heterocycles. The lowest BCUT2D eigenvalue weighted by Crippen LogP contribution is -1.84. The minimum atomic E-state index is 0.393. The molecule has 1 nitrogen and oxygen atoms in total. The highest BCUT2D eigenvalue weighted by Gasteiger charge is 2.04. The summed E-state index contributed by atoms with van der Waals surface area (Å²) >= 11 is 5.21. The average molecular weight is 220 g/mol. The Balaban J connectivity index is 2.78. The summed E-state index contributed by atoms with van der Waals surface area (Å²) in [5, 5.41) is 3.33. The van der Waals surface area contributed by atoms with Gasteiger partial charge < -0.3 is 0 Å². The van der Waals surface area contributed by atoms with Crippen LogP contribution in [0.2, 0.25) is 0 Å². The monoisotopic (exact) mass is 219 g/mol. The van der Waals surface area contributed by atoms with Crippen LogP contribution in [0.4, 0.5) is 0 Å². The number of hydrogen-bond donors (Lipinski definition) is 0. The largest absolute Gasteiger partial charge is 0.245 e. The SMILES string of the molecule is CCc1nc(C(C)Br)cs1. The fourth-order valence-corrected chi connectivity index (χ4v) is 1.92. The van der Waals surface area contributed by atoms with Crippen molar-refractivity contribution in [2.24, 2.45) is 0 Å². The summed E-state index contributed by atoms with van der Waals surface area (Å²) in [5.74, 6) is 0. The molecule has 0 aliphatic carbocycles. The van der Waals surface area contributed by atoms with Gasteiger partial charge >= 0.3 is 0 Å². The second-order valence-corrected chi connectivity index (χ2v) is 4.45. The molecule has 1 rings (SSSR count). The zero-order chi connectivity index (χ0) is 7.56. The molecule has 3 heteroatoms. The molecule has 1 atom stereocenters. The van der Waals surface area contributed by atoms with E-state index in [1.165, 1.54) is 5.01 Å². The van der Waals surface area contributed by atoms with E-state index < -0.39 is 0 Å². The number of hydrogen-bond acceptors (Lipinski definition) is 2. The lowest BCUT2D eigenvalue weighted by Gasteiger charge is -1.93. The van der Waals surface area contributed by atoms with Crippen LogP contribution in [0.25, 0.3) is 0 Å². The minimum absolute atomic E-state index is 0.393. The number of halogens is 1. The fraction of sp³-hybridized carbons (Fsp3) is 0.571. The molecule has 0 N–H and O–H groups in total. The van der Waals surface area contributed by atoms with Gasteiger partial charge in [-0.1, -0.05) is 22.9 Å². The number of aromatic nitrogens is 1. The van der Waals surface area contributed by atoms with Crippen molar-refractivity contribution in [3.63, 3.8) is 0 Å². The maximum atomic E-state index is 4.40. The van der Waals surface area contributed by atoms with Crippen LogP contribution in [0.1, 0.15) is 29.4 Å². The number of alkyl halides is 1. The zero-order valence-electron chi connectivity index (χ0n) is 6.10. The van der Waals surface area contributed by atoms with Crippen LogP contribution < -0.4 is 0 Å². The predicted octanol–water partition coefficient (Wildman–Crippen LogP) is 3.16. The standard InChI is InChI=1S/C7H10BrNS/c1-3-7-9-6(4-10-7)5(2)8/h4-5H,3H2,1-2H3. The molecule has 0 spiro atoms. The molecular weight excluding hydrogens is 210 g/mol. The van der Waals surface area contributed by atoms with Gasteiger partial charge in [0.25, 0.3) is 0 Å². The Labute approximate surface area is 73.6 Å². The Morgan fingerprint density at radius 1 is 1.80 bits per heavy atom. The van der Waals surface area contributed by atoms with Crippen LogP contribution in [0.15, 0.2) is 5.38 Å². The number of rotatable bonds is 2. The third-order valence-corrected chi connectivity index (χ3v) is 2.76. The molecule has 0 bridgehead atoms. The fourth-order valence-electron chi connectivity index (χ4n) is 0.670. The summed E-state index contributed by atoms with van der Waals surface area (Å²) in [6.45, 7) is 4.22. The van der Waals surface area contributed by atoms with Crippen molar-refractivity contribution in [3.8, 4) is 0 Å². The molecule has 0 saturated carbocycles. The first kappa shape index (κ1) is 8.21. The van der Waals surface area contributed by atoms with E-state index in [1.807, 2.05) is 0 Å². The minimum Gasteiger partial charge on any atom is -0.245 e. The van der Waals surface area contributed by atoms with Gasteiger partial charge in [-0.05, 0) is 13.3 Å². The van der Waals surface area contributed by atoms with E-state index >= 15 is 0 Å². The first-order valence-corrected chi connectivity index (χ1v) is 5.12. The summed E-state index contributed by atoms with van der Waals surface area (Å²) in [5.41, 5.74) is 1.15. The summed E-state index contributed by atoms with van der Waals surface area (Å²) in [4.78, 5) is 4.79. The molecule has 1 aromatic rings. The Kier molecular flexibility index (Phi) is 2.86. The van der Waals surface area contributed by atoms with Crippen molar-refractivity contribution in [1.29, 1.82) is 0 Å². The van der Waals surface area contributed by atoms with E-state index in [0.717, 1.165) is 12.1 Å². The topological polar surface area (TPSA) is 12.9 Å². The van der Waals surface area contributed by atoms with Crippen LogP contribution in [0.3, 0.4) is 0 Å². The van der Waals surface area contributed by atoms with Crippen LogP contribution in [0, 0.1) is 0 Å². The van der Waals surface area contributed by atoms with Crippen LogP contribution >= 0.6 is 27.3 Å². The quantitative estimate of drug-likeness (QED) is 0.697. The molecular formula is C7H10BrNS. The van der Waals surface area contributed by atoms with E-state index in [2.05, 4.69) is 40.1 Å². The van der Waals surface area contributed by atoms with Gasteiger partial charge in [0.15, 0.2) is 0 Å². The third kappa shape index (κ3) is 1.80. The third-order valence-electron chi connectivity index (χ3n) is 1.28. The summed E-state index contributed by atoms with van der Waals surface area (Å²) in [6, 6.07) is 0. The lowest BCUT2D eigenvalue weighted by molar-refractivity contribution is 0.996. The molecule has 0 radical (unpaired) electrons. The maximum absolute atomic E-state index is 4.40. The van der Waals surface area contributed by atoms with Crippen molar-refractivity contribution < 1.29 is 0 Å². The van der Waals surface area contributed by atoms with Crippen molar-refractivity contribution >= 4 is 27.3 Å². The zero-order valence-corrected chi connectivity index (χ0v) is 8.50. The van der Waals surface area contributed by atoms with E-state index in [4.69, 9.17) is 0 Å². The second-order valence-electron chi connectivity index (χ2n) is 2.14. The summed E-state index contributed by atoms with van der Waals surface area (Å²) in [6.07, 6.45) is 1.05. The highest BCUT2D eigenvalue weighted by molar-refractivity contribution is 9.09. The van der Waals surface area contributed by atoms with Gasteiger partial charge in [-0.3, -0.25) is 0 Å². The molecule has 0 saturated heterocycles. The van der Waals surface area contributed by atoms with Crippen LogP contribution in [0.5, 0.6) is 0 Å². The lowest BCUT2D eigenvalue weighted by atomic mass is 10.4. The van der Waals surface area contributed by atoms with Gasteiger partial charge in [-0.25, -0.2) is 4.98 Å². The van der Waals surface area contributed by atoms with E-state index in [0.29, 0.717) is 4.83 Å². The van der Waals surface area contributed by atoms with Crippen molar-refractivity contribution in [3.05, 3.63) is 16.1 Å². The molecule has 0 fully saturated rings. The molecule has 0 aromatic carbocycles. The van der Waals surface area contributed by atoms with E-state index in [1.54, 1.807) is 11.3 Å². The van der Waals surface area contributed by atoms with Crippen LogP contribution in [-0.4, -0.2) is 4.98 Å². The number of thiazole rings is 1. The second kappa shape index (κ2) is 3.49. The van der Waals surface area contributed by atoms with Gasteiger partial charge in [0.2, 0.25) is 0 Å². The summed E-state index contributed by atoms with van der Waals surface area (Å²) < 4.78 is 0. The first-order chi connectivity index (χ1) is 4.74. The van der Waals surface area contributed by atoms with Gasteiger partial charge in [-0.15, -0.1) is 11.3 Å². The maximum Gasteiger partial charge on any atom is 0.0925 e. The molecule has 0 amide bonds. The van der Waals surface area contributed by atoms with E-state index in [9.17, 15) is 0 Å². The molecule has 0 aliphatic heterocycles. The molecule has 1 heterocycles. The normalized spacial score (nSPS) is 13.5. The Bertz CT molecular complexity index is 207. The molecule has 1 unspecified atom stereocenters. The van der Waals surface area contributed by atoms with Crippen LogP contribution in [-0.2, 0) is 6.42 Å². The van der Waals surface area contributed by atoms with Gasteiger partial charge in [0.1, 0.15) is 0 Å². The van der Waals surface area contributed by atoms with Gasteiger partial charge in [0, 0.05) is 5.38 Å². The van der Waals surface area contributed by atoms with Gasteiger partial charge in [0.05, 0.1) is 15.5 Å². The van der Waals surface area contributed by atoms with Crippen molar-refractivity contribution in [2.75, 3.05) is 0 Å². The first-order valence-electron chi connectivity index (χ1n) is 3.32. The Morgan fingerprint density at radius 3 is 2.80 bits per heavy atom. The predicted molar refractivity (Wildman–Crippen MR) is 48.8 cm³/mol. The highest BCUT2D eigenvalue weighted by atomic mass is 79.9. The van der Waals surface area contributed by atoms with Gasteiger partial charge in [-0.2, -0.15) is 0 Å². The molecule has 0 aliphatic rings. The Morgan fingerprint density at radius 2 is 2.50 bits per heavy atom. The molecule has 10 heavy (non-hydrogen) atoms. The molecule has 56 valence electrons. The van der Waals surface area contributed by atoms with Crippen molar-refractivity contribution in [1.82, 2.24) is 4.98 Å². The van der Waals surface area contributed by atoms with E-state index in [-0.39, 0.29) is 0 Å². The smallest absolute Gasteiger partial charge is 0.0925 e. The number of aryl methyl sites for hydroxylation is 1. The average Bonchev–Trinajstić information content (AvgIpc) is 2.34. The highest BCUT2D eigenvalue weighted by Crippen LogP contribution is 2.23. The Hall–Kier alpha value is 0.110. The summed E-state index contributed by atoms with van der Waals surface area (Å²) in [7, 11) is 0. The number of nitrogens with zero attached hydrogens (tertiary/aromatic N) is 1.